The third-order valence-corrected chi connectivity index (χ3v) is 4.84. The van der Waals surface area contributed by atoms with Crippen molar-refractivity contribution in [2.45, 2.75) is 34.2 Å². The molecule has 3 aromatic rings. The lowest BCUT2D eigenvalue weighted by molar-refractivity contribution is -0.119. The van der Waals surface area contributed by atoms with E-state index >= 15 is 0 Å². The lowest BCUT2D eigenvalue weighted by Gasteiger charge is -2.11. The fourth-order valence-electron chi connectivity index (χ4n) is 3.29. The van der Waals surface area contributed by atoms with Gasteiger partial charge in [0, 0.05) is 5.69 Å². The van der Waals surface area contributed by atoms with Crippen LogP contribution < -0.4 is 5.32 Å². The number of anilines is 1. The Balaban J connectivity index is 1.66. The molecule has 0 aliphatic heterocycles. The van der Waals surface area contributed by atoms with Gasteiger partial charge in [-0.05, 0) is 44.4 Å². The number of amides is 1. The molecular weight excluding hydrogens is 366 g/mol. The molecule has 0 fully saturated rings. The topological polar surface area (TPSA) is 73.2 Å². The second-order valence-electron chi connectivity index (χ2n) is 7.08. The first-order valence-electron chi connectivity index (χ1n) is 9.48. The third kappa shape index (κ3) is 4.71. The van der Waals surface area contributed by atoms with Crippen LogP contribution in [-0.2, 0) is 16.1 Å². The molecule has 0 spiro atoms. The van der Waals surface area contributed by atoms with Gasteiger partial charge >= 0.3 is 5.97 Å². The van der Waals surface area contributed by atoms with E-state index in [0.717, 1.165) is 22.4 Å². The predicted octanol–water partition coefficient (Wildman–Crippen LogP) is 3.96. The molecule has 0 aliphatic rings. The number of carbonyl (C=O) groups is 2. The predicted molar refractivity (Wildman–Crippen MR) is 112 cm³/mol. The quantitative estimate of drug-likeness (QED) is 0.646. The molecular formula is C23H25N3O3. The Morgan fingerprint density at radius 3 is 2.28 bits per heavy atom. The average Bonchev–Trinajstić information content (AvgIpc) is 2.97. The normalized spacial score (nSPS) is 10.6. The molecule has 0 bridgehead atoms. The van der Waals surface area contributed by atoms with Crippen LogP contribution in [0.2, 0.25) is 0 Å². The highest BCUT2D eigenvalue weighted by molar-refractivity contribution is 5.97. The number of hydrogen-bond donors (Lipinski definition) is 1. The lowest BCUT2D eigenvalue weighted by Crippen LogP contribution is -2.22. The zero-order valence-electron chi connectivity index (χ0n) is 17.2. The largest absolute Gasteiger partial charge is 0.452 e. The van der Waals surface area contributed by atoms with Crippen molar-refractivity contribution < 1.29 is 14.3 Å². The summed E-state index contributed by atoms with van der Waals surface area (Å²) in [6.07, 6.45) is 0. The summed E-state index contributed by atoms with van der Waals surface area (Å²) in [7, 11) is 0. The Morgan fingerprint density at radius 2 is 1.62 bits per heavy atom. The van der Waals surface area contributed by atoms with Gasteiger partial charge in [-0.3, -0.25) is 9.48 Å². The van der Waals surface area contributed by atoms with E-state index in [9.17, 15) is 9.59 Å². The van der Waals surface area contributed by atoms with Gasteiger partial charge in [0.25, 0.3) is 5.91 Å². The maximum atomic E-state index is 12.6. The number of benzene rings is 2. The molecule has 6 heteroatoms. The van der Waals surface area contributed by atoms with E-state index in [1.165, 1.54) is 0 Å². The summed E-state index contributed by atoms with van der Waals surface area (Å²) in [6, 6.07) is 15.7. The first-order valence-corrected chi connectivity index (χ1v) is 9.48. The first-order chi connectivity index (χ1) is 13.9. The number of nitrogens with one attached hydrogen (secondary N) is 1. The number of hydrogen-bond acceptors (Lipinski definition) is 4. The van der Waals surface area contributed by atoms with Crippen molar-refractivity contribution in [2.24, 2.45) is 0 Å². The Labute approximate surface area is 170 Å². The minimum Gasteiger partial charge on any atom is -0.452 e. The molecule has 0 aliphatic carbocycles. The number of ether oxygens (including phenoxy) is 1. The molecule has 0 unspecified atom stereocenters. The highest BCUT2D eigenvalue weighted by Gasteiger charge is 2.21. The van der Waals surface area contributed by atoms with Crippen LogP contribution in [0.25, 0.3) is 0 Å². The zero-order chi connectivity index (χ0) is 21.0. The van der Waals surface area contributed by atoms with Crippen LogP contribution >= 0.6 is 0 Å². The van der Waals surface area contributed by atoms with Gasteiger partial charge in [-0.15, -0.1) is 0 Å². The highest BCUT2D eigenvalue weighted by Crippen LogP contribution is 2.20. The first kappa shape index (κ1) is 20.3. The smallest absolute Gasteiger partial charge is 0.342 e. The fraction of sp³-hybridized carbons (Fsp3) is 0.261. The summed E-state index contributed by atoms with van der Waals surface area (Å²) in [6.45, 7) is 7.65. The number of aromatic nitrogens is 2. The van der Waals surface area contributed by atoms with Gasteiger partial charge in [0.15, 0.2) is 6.61 Å². The number of esters is 1. The number of aryl methyl sites for hydroxylation is 3. The van der Waals surface area contributed by atoms with Crippen LogP contribution in [-0.4, -0.2) is 28.3 Å². The summed E-state index contributed by atoms with van der Waals surface area (Å²) in [5.74, 6) is -0.918. The number of carbonyl (C=O) groups excluding carboxylic acids is 2. The van der Waals surface area contributed by atoms with E-state index < -0.39 is 5.97 Å². The molecule has 29 heavy (non-hydrogen) atoms. The van der Waals surface area contributed by atoms with E-state index in [-0.39, 0.29) is 12.5 Å². The van der Waals surface area contributed by atoms with Gasteiger partial charge in [0.1, 0.15) is 5.56 Å². The van der Waals surface area contributed by atoms with E-state index in [4.69, 9.17) is 4.74 Å². The molecule has 1 heterocycles. The molecule has 0 saturated heterocycles. The Hall–Kier alpha value is -3.41. The van der Waals surface area contributed by atoms with Crippen LogP contribution in [0.3, 0.4) is 0 Å². The molecule has 1 N–H and O–H groups in total. The van der Waals surface area contributed by atoms with Gasteiger partial charge in [-0.1, -0.05) is 48.5 Å². The summed E-state index contributed by atoms with van der Waals surface area (Å²) in [5, 5.41) is 7.28. The lowest BCUT2D eigenvalue weighted by atomic mass is 10.1. The molecule has 3 rings (SSSR count). The maximum Gasteiger partial charge on any atom is 0.342 e. The number of rotatable bonds is 6. The van der Waals surface area contributed by atoms with Gasteiger partial charge in [-0.2, -0.15) is 5.10 Å². The third-order valence-electron chi connectivity index (χ3n) is 4.84. The summed E-state index contributed by atoms with van der Waals surface area (Å²) < 4.78 is 7.04. The van der Waals surface area contributed by atoms with Crippen molar-refractivity contribution in [2.75, 3.05) is 11.9 Å². The van der Waals surface area contributed by atoms with Gasteiger partial charge in [0.05, 0.1) is 17.9 Å². The molecule has 150 valence electrons. The van der Waals surface area contributed by atoms with Crippen LogP contribution in [0.5, 0.6) is 0 Å². The minimum absolute atomic E-state index is 0.352. The highest BCUT2D eigenvalue weighted by atomic mass is 16.5. The summed E-state index contributed by atoms with van der Waals surface area (Å²) >= 11 is 0. The second kappa shape index (κ2) is 8.73. The second-order valence-corrected chi connectivity index (χ2v) is 7.08. The fourth-order valence-corrected chi connectivity index (χ4v) is 3.29. The number of para-hydroxylation sites is 1. The zero-order valence-corrected chi connectivity index (χ0v) is 17.2. The van der Waals surface area contributed by atoms with Gasteiger partial charge in [-0.25, -0.2) is 4.79 Å². The minimum atomic E-state index is -0.545. The van der Waals surface area contributed by atoms with E-state index in [2.05, 4.69) is 10.4 Å². The molecule has 0 saturated carbocycles. The monoisotopic (exact) mass is 391 g/mol. The standard InChI is InChI=1S/C23H25N3O3/c1-15-9-8-10-16(2)22(15)24-20(27)14-29-23(28)21-17(3)25-26(18(21)4)13-19-11-6-5-7-12-19/h5-12H,13-14H2,1-4H3,(H,24,27). The van der Waals surface area contributed by atoms with Gasteiger partial charge in [0.2, 0.25) is 0 Å². The van der Waals surface area contributed by atoms with E-state index in [1.54, 1.807) is 11.6 Å². The van der Waals surface area contributed by atoms with Crippen molar-refractivity contribution in [1.29, 1.82) is 0 Å². The van der Waals surface area contributed by atoms with Crippen LogP contribution in [0, 0.1) is 27.7 Å². The summed E-state index contributed by atoms with van der Waals surface area (Å²) in [5.41, 5.74) is 5.45. The van der Waals surface area contributed by atoms with Crippen LogP contribution in [0.15, 0.2) is 48.5 Å². The molecule has 6 nitrogen and oxygen atoms in total. The van der Waals surface area contributed by atoms with Crippen molar-refractivity contribution >= 4 is 17.6 Å². The number of nitrogens with zero attached hydrogens (tertiary/aromatic N) is 2. The van der Waals surface area contributed by atoms with E-state index in [0.29, 0.717) is 23.5 Å². The van der Waals surface area contributed by atoms with Gasteiger partial charge < -0.3 is 10.1 Å². The van der Waals surface area contributed by atoms with Crippen LogP contribution in [0.4, 0.5) is 5.69 Å². The molecule has 1 amide bonds. The maximum absolute atomic E-state index is 12.6. The van der Waals surface area contributed by atoms with Crippen molar-refractivity contribution in [3.63, 3.8) is 0 Å². The Bertz CT molecular complexity index is 1020. The Kier molecular flexibility index (Phi) is 6.12. The molecule has 0 atom stereocenters. The van der Waals surface area contributed by atoms with Crippen molar-refractivity contribution in [3.8, 4) is 0 Å². The molecule has 2 aromatic carbocycles. The van der Waals surface area contributed by atoms with Crippen molar-refractivity contribution in [3.05, 3.63) is 82.2 Å². The Morgan fingerprint density at radius 1 is 0.966 bits per heavy atom. The average molecular weight is 391 g/mol. The molecule has 0 radical (unpaired) electrons. The van der Waals surface area contributed by atoms with E-state index in [1.807, 2.05) is 69.3 Å². The molecule has 1 aromatic heterocycles. The summed E-state index contributed by atoms with van der Waals surface area (Å²) in [4.78, 5) is 24.8. The SMILES string of the molecule is Cc1cccc(C)c1NC(=O)COC(=O)c1c(C)nn(Cc2ccccc2)c1C. The van der Waals surface area contributed by atoms with Crippen molar-refractivity contribution in [1.82, 2.24) is 9.78 Å². The van der Waals surface area contributed by atoms with Crippen LogP contribution in [0.1, 0.15) is 38.4 Å².